The van der Waals surface area contributed by atoms with Crippen LogP contribution in [0, 0.1) is 11.6 Å². The minimum atomic E-state index is -0.358. The minimum Gasteiger partial charge on any atom is -0.342 e. The highest BCUT2D eigenvalue weighted by Crippen LogP contribution is 2.29. The zero-order chi connectivity index (χ0) is 22.5. The summed E-state index contributed by atoms with van der Waals surface area (Å²) in [7, 11) is 0. The summed E-state index contributed by atoms with van der Waals surface area (Å²) in [5, 5.41) is 6.24. The molecule has 4 rings (SSSR count). The van der Waals surface area contributed by atoms with E-state index in [9.17, 15) is 13.6 Å². The molecule has 0 radical (unpaired) electrons. The second kappa shape index (κ2) is 9.72. The predicted octanol–water partition coefficient (Wildman–Crippen LogP) is 5.36. The number of anilines is 4. The molecule has 32 heavy (non-hydrogen) atoms. The summed E-state index contributed by atoms with van der Waals surface area (Å²) in [5.41, 5.74) is 1.11. The number of aromatic nitrogens is 2. The van der Waals surface area contributed by atoms with Crippen LogP contribution < -0.4 is 10.6 Å². The number of carbonyl (C=O) groups excluding carboxylic acids is 1. The third kappa shape index (κ3) is 5.38. The Labute approximate surface area is 185 Å². The fourth-order valence-electron chi connectivity index (χ4n) is 3.84. The Kier molecular flexibility index (Phi) is 6.58. The number of halogens is 2. The number of rotatable bonds is 6. The maximum Gasteiger partial charge on any atom is 0.222 e. The van der Waals surface area contributed by atoms with Gasteiger partial charge in [-0.25, -0.2) is 18.7 Å². The number of hydrogen-bond acceptors (Lipinski definition) is 5. The van der Waals surface area contributed by atoms with E-state index in [1.807, 2.05) is 11.8 Å². The number of piperidine rings is 1. The van der Waals surface area contributed by atoms with Gasteiger partial charge in [-0.15, -0.1) is 0 Å². The molecule has 1 aromatic heterocycles. The van der Waals surface area contributed by atoms with Crippen molar-refractivity contribution in [3.8, 4) is 0 Å². The van der Waals surface area contributed by atoms with Gasteiger partial charge >= 0.3 is 0 Å². The summed E-state index contributed by atoms with van der Waals surface area (Å²) in [4.78, 5) is 23.4. The zero-order valence-corrected chi connectivity index (χ0v) is 17.8. The van der Waals surface area contributed by atoms with Crippen molar-refractivity contribution in [3.05, 3.63) is 72.1 Å². The molecular weight excluding hydrogens is 412 g/mol. The highest BCUT2D eigenvalue weighted by atomic mass is 19.1. The number of hydrogen-bond donors (Lipinski definition) is 2. The lowest BCUT2D eigenvalue weighted by atomic mass is 9.97. The van der Waals surface area contributed by atoms with Gasteiger partial charge in [-0.1, -0.05) is 19.1 Å². The number of nitrogens with zero attached hydrogens (tertiary/aromatic N) is 3. The number of likely N-dealkylation sites (tertiary alicyclic amines) is 1. The first-order chi connectivity index (χ1) is 15.5. The van der Waals surface area contributed by atoms with Gasteiger partial charge in [-0.05, 0) is 49.2 Å². The van der Waals surface area contributed by atoms with Crippen molar-refractivity contribution in [3.63, 3.8) is 0 Å². The van der Waals surface area contributed by atoms with Gasteiger partial charge in [0.2, 0.25) is 5.91 Å². The molecule has 3 aromatic rings. The summed E-state index contributed by atoms with van der Waals surface area (Å²) >= 11 is 0. The maximum atomic E-state index is 13.6. The molecule has 1 unspecified atom stereocenters. The molecule has 8 heteroatoms. The number of carbonyl (C=O) groups is 1. The lowest BCUT2D eigenvalue weighted by molar-refractivity contribution is -0.132. The van der Waals surface area contributed by atoms with Gasteiger partial charge < -0.3 is 15.5 Å². The minimum absolute atomic E-state index is 0.0263. The topological polar surface area (TPSA) is 70.2 Å². The fraction of sp³-hybridized carbons (Fsp3) is 0.292. The predicted molar refractivity (Wildman–Crippen MR) is 120 cm³/mol. The first-order valence-corrected chi connectivity index (χ1v) is 10.7. The molecule has 0 aliphatic carbocycles. The average Bonchev–Trinajstić information content (AvgIpc) is 2.78. The van der Waals surface area contributed by atoms with E-state index in [1.54, 1.807) is 30.3 Å². The Morgan fingerprint density at radius 3 is 2.12 bits per heavy atom. The van der Waals surface area contributed by atoms with Gasteiger partial charge in [0.1, 0.15) is 29.1 Å². The second-order valence-corrected chi connectivity index (χ2v) is 7.80. The van der Waals surface area contributed by atoms with Crippen molar-refractivity contribution in [2.45, 2.75) is 32.1 Å². The lowest BCUT2D eigenvalue weighted by Gasteiger charge is -2.32. The van der Waals surface area contributed by atoms with Crippen LogP contribution in [-0.4, -0.2) is 33.9 Å². The fourth-order valence-corrected chi connectivity index (χ4v) is 3.84. The highest BCUT2D eigenvalue weighted by molar-refractivity contribution is 5.76. The lowest BCUT2D eigenvalue weighted by Crippen LogP contribution is -2.39. The van der Waals surface area contributed by atoms with Crippen LogP contribution >= 0.6 is 0 Å². The summed E-state index contributed by atoms with van der Waals surface area (Å²) < 4.78 is 27.3. The molecular formula is C24H25F2N5O. The molecule has 0 spiro atoms. The smallest absolute Gasteiger partial charge is 0.222 e. The van der Waals surface area contributed by atoms with Crippen LogP contribution in [0.1, 0.15) is 37.9 Å². The maximum absolute atomic E-state index is 13.6. The van der Waals surface area contributed by atoms with E-state index in [0.29, 0.717) is 41.8 Å². The molecule has 166 valence electrons. The molecule has 1 amide bonds. The van der Waals surface area contributed by atoms with E-state index in [1.165, 1.54) is 24.3 Å². The molecule has 2 heterocycles. The van der Waals surface area contributed by atoms with Gasteiger partial charge in [-0.2, -0.15) is 0 Å². The first-order valence-electron chi connectivity index (χ1n) is 10.7. The normalized spacial score (nSPS) is 16.0. The van der Waals surface area contributed by atoms with Crippen LogP contribution in [0.15, 0.2) is 54.6 Å². The van der Waals surface area contributed by atoms with Crippen LogP contribution in [0.3, 0.4) is 0 Å². The second-order valence-electron chi connectivity index (χ2n) is 7.80. The van der Waals surface area contributed by atoms with E-state index in [0.717, 1.165) is 19.4 Å². The third-order valence-electron chi connectivity index (χ3n) is 5.38. The van der Waals surface area contributed by atoms with E-state index in [-0.39, 0.29) is 23.5 Å². The standard InChI is InChI=1S/C24H25F2N5O/c1-2-23(32)31-11-5-6-16(15-31)24-29-21(27-19-9-3-7-17(25)12-19)14-22(30-24)28-20-10-4-8-18(26)13-20/h3-4,7-10,12-14,16H,2,5-6,11,15H2,1H3,(H2,27,28,29,30). The summed E-state index contributed by atoms with van der Waals surface area (Å²) in [6.45, 7) is 3.14. The van der Waals surface area contributed by atoms with Crippen LogP contribution in [0.5, 0.6) is 0 Å². The van der Waals surface area contributed by atoms with Crippen LogP contribution in [0.25, 0.3) is 0 Å². The van der Waals surface area contributed by atoms with Crippen molar-refractivity contribution in [1.29, 1.82) is 0 Å². The van der Waals surface area contributed by atoms with E-state index in [4.69, 9.17) is 0 Å². The first kappa shape index (κ1) is 21.7. The van der Waals surface area contributed by atoms with Crippen molar-refractivity contribution in [2.75, 3.05) is 23.7 Å². The summed E-state index contributed by atoms with van der Waals surface area (Å²) in [5.74, 6) is 0.922. The van der Waals surface area contributed by atoms with Crippen LogP contribution in [-0.2, 0) is 4.79 Å². The molecule has 6 nitrogen and oxygen atoms in total. The summed E-state index contributed by atoms with van der Waals surface area (Å²) in [6.07, 6.45) is 2.19. The third-order valence-corrected chi connectivity index (χ3v) is 5.38. The Morgan fingerprint density at radius 1 is 1.00 bits per heavy atom. The molecule has 2 aromatic carbocycles. The molecule has 0 saturated carbocycles. The van der Waals surface area contributed by atoms with E-state index < -0.39 is 0 Å². The number of benzene rings is 2. The number of nitrogens with one attached hydrogen (secondary N) is 2. The van der Waals surface area contributed by atoms with Crippen molar-refractivity contribution in [2.24, 2.45) is 0 Å². The molecule has 2 N–H and O–H groups in total. The van der Waals surface area contributed by atoms with Gasteiger partial charge in [-0.3, -0.25) is 4.79 Å². The molecule has 1 fully saturated rings. The largest absolute Gasteiger partial charge is 0.342 e. The van der Waals surface area contributed by atoms with Crippen LogP contribution in [0.4, 0.5) is 31.8 Å². The monoisotopic (exact) mass is 437 g/mol. The Hall–Kier alpha value is -3.55. The molecule has 0 bridgehead atoms. The van der Waals surface area contributed by atoms with Crippen molar-refractivity contribution >= 4 is 28.9 Å². The Morgan fingerprint density at radius 2 is 1.59 bits per heavy atom. The van der Waals surface area contributed by atoms with Crippen molar-refractivity contribution < 1.29 is 13.6 Å². The molecule has 1 atom stereocenters. The van der Waals surface area contributed by atoms with Gasteiger partial charge in [0.15, 0.2) is 0 Å². The van der Waals surface area contributed by atoms with Gasteiger partial charge in [0.05, 0.1) is 0 Å². The van der Waals surface area contributed by atoms with Gasteiger partial charge in [0.25, 0.3) is 0 Å². The average molecular weight is 437 g/mol. The zero-order valence-electron chi connectivity index (χ0n) is 17.8. The molecule has 1 saturated heterocycles. The molecule has 1 aliphatic rings. The van der Waals surface area contributed by atoms with E-state index >= 15 is 0 Å². The SMILES string of the molecule is CCC(=O)N1CCCC(c2nc(Nc3cccc(F)c3)cc(Nc3cccc(F)c3)n2)C1. The Bertz CT molecular complexity index is 1040. The van der Waals surface area contributed by atoms with Crippen molar-refractivity contribution in [1.82, 2.24) is 14.9 Å². The Balaban J connectivity index is 1.65. The highest BCUT2D eigenvalue weighted by Gasteiger charge is 2.26. The molecule has 1 aliphatic heterocycles. The van der Waals surface area contributed by atoms with Crippen LogP contribution in [0.2, 0.25) is 0 Å². The number of amides is 1. The van der Waals surface area contributed by atoms with E-state index in [2.05, 4.69) is 20.6 Å². The van der Waals surface area contributed by atoms with Gasteiger partial charge in [0, 0.05) is 42.9 Å². The quantitative estimate of drug-likeness (QED) is 0.543. The summed E-state index contributed by atoms with van der Waals surface area (Å²) in [6, 6.07) is 13.9.